The van der Waals surface area contributed by atoms with Crippen LogP contribution in [0.2, 0.25) is 0 Å². The average Bonchev–Trinajstić information content (AvgIpc) is 2.93. The van der Waals surface area contributed by atoms with Crippen molar-refractivity contribution >= 4 is 28.8 Å². The molecule has 8 heteroatoms. The van der Waals surface area contributed by atoms with Gasteiger partial charge in [-0.1, -0.05) is 42.9 Å². The SMILES string of the molecule is N#Cc1ccc(N2C(=O)C3(CCC3)C(c3ccc(CO)cc3)C2=S)cc1C(F)(F)F. The number of hydrogen-bond acceptors (Lipinski definition) is 4. The monoisotopic (exact) mass is 430 g/mol. The maximum absolute atomic E-state index is 13.4. The highest BCUT2D eigenvalue weighted by molar-refractivity contribution is 7.80. The largest absolute Gasteiger partial charge is 0.417 e. The van der Waals surface area contributed by atoms with E-state index in [0.717, 1.165) is 29.7 Å². The zero-order chi connectivity index (χ0) is 21.7. The first-order chi connectivity index (χ1) is 14.2. The number of alkyl halides is 3. The maximum atomic E-state index is 13.4. The number of hydrogen-bond donors (Lipinski definition) is 1. The molecule has 30 heavy (non-hydrogen) atoms. The van der Waals surface area contributed by atoms with Crippen LogP contribution in [0.1, 0.15) is 47.4 Å². The van der Waals surface area contributed by atoms with Gasteiger partial charge in [0.05, 0.1) is 39.9 Å². The van der Waals surface area contributed by atoms with Gasteiger partial charge in [-0.2, -0.15) is 18.4 Å². The van der Waals surface area contributed by atoms with Gasteiger partial charge in [-0.25, -0.2) is 0 Å². The van der Waals surface area contributed by atoms with Crippen LogP contribution in [0.3, 0.4) is 0 Å². The number of nitriles is 1. The highest BCUT2D eigenvalue weighted by atomic mass is 32.1. The lowest BCUT2D eigenvalue weighted by molar-refractivity contribution is -0.138. The number of carbonyl (C=O) groups is 1. The van der Waals surface area contributed by atoms with Crippen LogP contribution in [-0.2, 0) is 17.6 Å². The first-order valence-corrected chi connectivity index (χ1v) is 9.83. The molecule has 0 aromatic heterocycles. The van der Waals surface area contributed by atoms with E-state index in [9.17, 15) is 23.1 Å². The predicted molar refractivity (Wildman–Crippen MR) is 108 cm³/mol. The van der Waals surface area contributed by atoms with Gasteiger partial charge < -0.3 is 5.11 Å². The summed E-state index contributed by atoms with van der Waals surface area (Å²) >= 11 is 5.62. The summed E-state index contributed by atoms with van der Waals surface area (Å²) in [5, 5.41) is 18.3. The number of amides is 1. The molecule has 1 N–H and O–H groups in total. The molecule has 1 aliphatic heterocycles. The smallest absolute Gasteiger partial charge is 0.392 e. The highest BCUT2D eigenvalue weighted by Gasteiger charge is 2.60. The van der Waals surface area contributed by atoms with E-state index in [1.165, 1.54) is 11.0 Å². The van der Waals surface area contributed by atoms with E-state index in [0.29, 0.717) is 12.8 Å². The third-order valence-corrected chi connectivity index (χ3v) is 6.50. The second-order valence-corrected chi connectivity index (χ2v) is 8.08. The molecule has 0 radical (unpaired) electrons. The zero-order valence-electron chi connectivity index (χ0n) is 15.7. The molecule has 154 valence electrons. The van der Waals surface area contributed by atoms with Crippen molar-refractivity contribution in [1.82, 2.24) is 0 Å². The molecule has 1 amide bonds. The lowest BCUT2D eigenvalue weighted by atomic mass is 9.60. The van der Waals surface area contributed by atoms with Crippen LogP contribution in [0.25, 0.3) is 0 Å². The molecule has 4 nitrogen and oxygen atoms in total. The Morgan fingerprint density at radius 1 is 1.20 bits per heavy atom. The summed E-state index contributed by atoms with van der Waals surface area (Å²) < 4.78 is 40.3. The number of thiocarbonyl (C=S) groups is 1. The Labute approximate surface area is 176 Å². The van der Waals surface area contributed by atoms with Crippen molar-refractivity contribution in [3.63, 3.8) is 0 Å². The molecule has 2 fully saturated rings. The summed E-state index contributed by atoms with van der Waals surface area (Å²) in [6, 6.07) is 11.9. The second kappa shape index (κ2) is 7.18. The number of rotatable bonds is 3. The number of aliphatic hydroxyl groups excluding tert-OH is 1. The van der Waals surface area contributed by atoms with Crippen LogP contribution in [0, 0.1) is 16.7 Å². The Morgan fingerprint density at radius 2 is 1.87 bits per heavy atom. The molecule has 1 heterocycles. The number of anilines is 1. The van der Waals surface area contributed by atoms with Crippen LogP contribution < -0.4 is 4.90 Å². The van der Waals surface area contributed by atoms with Crippen molar-refractivity contribution in [2.45, 2.75) is 38.0 Å². The van der Waals surface area contributed by atoms with Crippen LogP contribution in [0.15, 0.2) is 42.5 Å². The topological polar surface area (TPSA) is 64.3 Å². The Morgan fingerprint density at radius 3 is 2.37 bits per heavy atom. The normalized spacial score (nSPS) is 20.4. The molecule has 1 aliphatic carbocycles. The fraction of sp³-hybridized carbons (Fsp3) is 0.318. The standard InChI is InChI=1S/C22H17F3N2O2S/c23-22(24,25)17-10-16(7-6-15(17)11-26)27-19(30)18(21(20(27)29)8-1-9-21)14-4-2-13(12-28)3-5-14/h2-7,10,18,28H,1,8-9,12H2. The second-order valence-electron chi connectivity index (χ2n) is 7.66. The van der Waals surface area contributed by atoms with Crippen molar-refractivity contribution in [3.05, 3.63) is 64.7 Å². The van der Waals surface area contributed by atoms with Gasteiger partial charge in [-0.3, -0.25) is 9.69 Å². The molecule has 0 bridgehead atoms. The molecular formula is C22H17F3N2O2S. The van der Waals surface area contributed by atoms with Crippen LogP contribution in [-0.4, -0.2) is 16.0 Å². The first kappa shape index (κ1) is 20.5. The molecule has 1 unspecified atom stereocenters. The van der Waals surface area contributed by atoms with Gasteiger partial charge in [0.2, 0.25) is 5.91 Å². The number of aliphatic hydroxyl groups is 1. The highest BCUT2D eigenvalue weighted by Crippen LogP contribution is 2.58. The van der Waals surface area contributed by atoms with Gasteiger partial charge in [0.15, 0.2) is 0 Å². The Balaban J connectivity index is 1.80. The molecule has 2 aromatic carbocycles. The minimum atomic E-state index is -4.72. The van der Waals surface area contributed by atoms with Crippen molar-refractivity contribution in [3.8, 4) is 6.07 Å². The van der Waals surface area contributed by atoms with Crippen molar-refractivity contribution in [2.75, 3.05) is 4.90 Å². The average molecular weight is 430 g/mol. The van der Waals surface area contributed by atoms with E-state index in [4.69, 9.17) is 17.5 Å². The molecular weight excluding hydrogens is 413 g/mol. The van der Waals surface area contributed by atoms with E-state index in [2.05, 4.69) is 0 Å². The molecule has 4 rings (SSSR count). The van der Waals surface area contributed by atoms with Gasteiger partial charge in [0.1, 0.15) is 0 Å². The molecule has 2 aliphatic rings. The van der Waals surface area contributed by atoms with E-state index < -0.39 is 28.6 Å². The quantitative estimate of drug-likeness (QED) is 0.717. The molecule has 2 aromatic rings. The maximum Gasteiger partial charge on any atom is 0.417 e. The summed E-state index contributed by atoms with van der Waals surface area (Å²) in [7, 11) is 0. The summed E-state index contributed by atoms with van der Waals surface area (Å²) in [5.74, 6) is -0.723. The number of carbonyl (C=O) groups excluding carboxylic acids is 1. The molecule has 1 atom stereocenters. The minimum Gasteiger partial charge on any atom is -0.392 e. The van der Waals surface area contributed by atoms with E-state index in [-0.39, 0.29) is 23.2 Å². The van der Waals surface area contributed by atoms with Crippen molar-refractivity contribution < 1.29 is 23.1 Å². The van der Waals surface area contributed by atoms with Crippen LogP contribution >= 0.6 is 12.2 Å². The Kier molecular flexibility index (Phi) is 4.91. The van der Waals surface area contributed by atoms with Crippen molar-refractivity contribution in [1.29, 1.82) is 5.26 Å². The fourth-order valence-electron chi connectivity index (χ4n) is 4.40. The van der Waals surface area contributed by atoms with Gasteiger partial charge in [-0.15, -0.1) is 0 Å². The van der Waals surface area contributed by atoms with Gasteiger partial charge in [0.25, 0.3) is 0 Å². The molecule has 1 spiro atoms. The van der Waals surface area contributed by atoms with Gasteiger partial charge >= 0.3 is 6.18 Å². The fourth-order valence-corrected chi connectivity index (χ4v) is 4.95. The van der Waals surface area contributed by atoms with E-state index in [1.807, 2.05) is 0 Å². The summed E-state index contributed by atoms with van der Waals surface area (Å²) in [4.78, 5) is 14.9. The van der Waals surface area contributed by atoms with E-state index >= 15 is 0 Å². The third-order valence-electron chi connectivity index (χ3n) is 6.08. The Hall–Kier alpha value is -2.76. The molecule has 1 saturated carbocycles. The van der Waals surface area contributed by atoms with Crippen molar-refractivity contribution in [2.24, 2.45) is 5.41 Å². The lowest BCUT2D eigenvalue weighted by Crippen LogP contribution is -2.41. The number of nitrogens with zero attached hydrogens (tertiary/aromatic N) is 2. The summed E-state index contributed by atoms with van der Waals surface area (Å²) in [6.45, 7) is -0.114. The van der Waals surface area contributed by atoms with Crippen LogP contribution in [0.5, 0.6) is 0 Å². The number of benzene rings is 2. The van der Waals surface area contributed by atoms with Gasteiger partial charge in [-0.05, 0) is 42.2 Å². The lowest BCUT2D eigenvalue weighted by Gasteiger charge is -2.40. The minimum absolute atomic E-state index is 0.0251. The Bertz CT molecular complexity index is 1070. The zero-order valence-corrected chi connectivity index (χ0v) is 16.6. The first-order valence-electron chi connectivity index (χ1n) is 9.42. The predicted octanol–water partition coefficient (Wildman–Crippen LogP) is 4.70. The summed E-state index contributed by atoms with van der Waals surface area (Å²) in [5.41, 5.74) is -0.802. The van der Waals surface area contributed by atoms with Gasteiger partial charge in [0, 0.05) is 5.92 Å². The summed E-state index contributed by atoms with van der Waals surface area (Å²) in [6.07, 6.45) is -2.66. The third kappa shape index (κ3) is 3.01. The van der Waals surface area contributed by atoms with E-state index in [1.54, 1.807) is 30.3 Å². The molecule has 1 saturated heterocycles. The number of halogens is 3. The van der Waals surface area contributed by atoms with Crippen LogP contribution in [0.4, 0.5) is 18.9 Å².